The number of aliphatic carboxylic acids is 1. The zero-order chi connectivity index (χ0) is 15.0. The van der Waals surface area contributed by atoms with Gasteiger partial charge in [0.25, 0.3) is 5.91 Å². The summed E-state index contributed by atoms with van der Waals surface area (Å²) in [5.74, 6) is -0.995. The lowest BCUT2D eigenvalue weighted by atomic mass is 10.1. The number of carbonyl (C=O) groups excluding carboxylic acids is 1. The Kier molecular flexibility index (Phi) is 6.73. The van der Waals surface area contributed by atoms with Gasteiger partial charge in [-0.25, -0.2) is 0 Å². The van der Waals surface area contributed by atoms with Crippen molar-refractivity contribution >= 4 is 11.9 Å². The van der Waals surface area contributed by atoms with Crippen LogP contribution in [0.25, 0.3) is 0 Å². The molecule has 0 spiro atoms. The van der Waals surface area contributed by atoms with E-state index in [0.717, 1.165) is 12.0 Å². The molecule has 3 N–H and O–H groups in total. The molecule has 1 atom stereocenters. The van der Waals surface area contributed by atoms with Gasteiger partial charge in [0.2, 0.25) is 0 Å². The highest BCUT2D eigenvalue weighted by Crippen LogP contribution is 2.02. The van der Waals surface area contributed by atoms with Gasteiger partial charge in [-0.15, -0.1) is 0 Å². The lowest BCUT2D eigenvalue weighted by Crippen LogP contribution is -2.41. The molecular weight excluding hydrogens is 256 g/mol. The largest absolute Gasteiger partial charge is 0.480 e. The number of amides is 1. The zero-order valence-corrected chi connectivity index (χ0v) is 12.0. The highest BCUT2D eigenvalue weighted by Gasteiger charge is 2.14. The van der Waals surface area contributed by atoms with E-state index < -0.39 is 12.0 Å². The summed E-state index contributed by atoms with van der Waals surface area (Å²) >= 11 is 0. The first-order valence-electron chi connectivity index (χ1n) is 6.85. The van der Waals surface area contributed by atoms with E-state index in [1.165, 1.54) is 0 Å². The van der Waals surface area contributed by atoms with Gasteiger partial charge in [0, 0.05) is 18.7 Å². The maximum Gasteiger partial charge on any atom is 0.320 e. The van der Waals surface area contributed by atoms with Crippen molar-refractivity contribution in [2.24, 2.45) is 0 Å². The molecule has 1 amide bonds. The molecule has 0 aliphatic carbocycles. The molecule has 0 saturated carbocycles. The van der Waals surface area contributed by atoms with Crippen LogP contribution in [0, 0.1) is 6.92 Å². The molecule has 0 fully saturated rings. The maximum atomic E-state index is 11.8. The van der Waals surface area contributed by atoms with Crippen molar-refractivity contribution in [3.05, 3.63) is 35.4 Å². The van der Waals surface area contributed by atoms with E-state index in [1.807, 2.05) is 26.0 Å². The number of hydrogen-bond donors (Lipinski definition) is 3. The number of hydrogen-bond acceptors (Lipinski definition) is 3. The Bertz CT molecular complexity index is 443. The van der Waals surface area contributed by atoms with Crippen LogP contribution in [0.3, 0.4) is 0 Å². The average molecular weight is 278 g/mol. The third-order valence-electron chi connectivity index (χ3n) is 2.99. The lowest BCUT2D eigenvalue weighted by molar-refractivity contribution is -0.139. The van der Waals surface area contributed by atoms with Gasteiger partial charge < -0.3 is 15.7 Å². The molecule has 5 heteroatoms. The van der Waals surface area contributed by atoms with Crippen LogP contribution < -0.4 is 10.6 Å². The predicted octanol–water partition coefficient (Wildman–Crippen LogP) is 1.57. The fraction of sp³-hybridized carbons (Fsp3) is 0.467. The van der Waals surface area contributed by atoms with Crippen LogP contribution in [0.15, 0.2) is 24.3 Å². The molecule has 0 radical (unpaired) electrons. The Morgan fingerprint density at radius 1 is 1.20 bits per heavy atom. The number of nitrogens with one attached hydrogen (secondary N) is 2. The topological polar surface area (TPSA) is 78.4 Å². The first-order chi connectivity index (χ1) is 9.54. The number of rotatable bonds is 8. The van der Waals surface area contributed by atoms with Crippen LogP contribution in [0.4, 0.5) is 0 Å². The fourth-order valence-electron chi connectivity index (χ4n) is 1.83. The highest BCUT2D eigenvalue weighted by atomic mass is 16.4. The Labute approximate surface area is 119 Å². The Morgan fingerprint density at radius 2 is 1.85 bits per heavy atom. The standard InChI is InChI=1S/C15H22N2O3/c1-3-4-13(15(19)20)16-9-10-17-14(18)12-7-5-11(2)6-8-12/h5-8,13,16H,3-4,9-10H2,1-2H3,(H,17,18)(H,19,20). The summed E-state index contributed by atoms with van der Waals surface area (Å²) in [6.45, 7) is 4.75. The molecule has 1 unspecified atom stereocenters. The van der Waals surface area contributed by atoms with Crippen LogP contribution in [0.1, 0.15) is 35.7 Å². The molecule has 0 heterocycles. The molecule has 0 saturated heterocycles. The first kappa shape index (κ1) is 16.2. The molecule has 0 bridgehead atoms. The fourth-order valence-corrected chi connectivity index (χ4v) is 1.83. The minimum atomic E-state index is -0.850. The third-order valence-corrected chi connectivity index (χ3v) is 2.99. The van der Waals surface area contributed by atoms with Crippen molar-refractivity contribution in [1.82, 2.24) is 10.6 Å². The maximum absolute atomic E-state index is 11.8. The first-order valence-corrected chi connectivity index (χ1v) is 6.85. The summed E-state index contributed by atoms with van der Waals surface area (Å²) in [7, 11) is 0. The summed E-state index contributed by atoms with van der Waals surface area (Å²) in [6.07, 6.45) is 1.39. The SMILES string of the molecule is CCCC(NCCNC(=O)c1ccc(C)cc1)C(=O)O. The molecule has 1 aromatic rings. The van der Waals surface area contributed by atoms with E-state index in [9.17, 15) is 9.59 Å². The Morgan fingerprint density at radius 3 is 2.40 bits per heavy atom. The zero-order valence-electron chi connectivity index (χ0n) is 12.0. The minimum Gasteiger partial charge on any atom is -0.480 e. The van der Waals surface area contributed by atoms with Crippen molar-refractivity contribution in [3.8, 4) is 0 Å². The van der Waals surface area contributed by atoms with Gasteiger partial charge in [-0.3, -0.25) is 9.59 Å². The van der Waals surface area contributed by atoms with Gasteiger partial charge in [0.15, 0.2) is 0 Å². The van der Waals surface area contributed by atoms with Crippen LogP contribution in [0.2, 0.25) is 0 Å². The molecule has 0 aromatic heterocycles. The minimum absolute atomic E-state index is 0.144. The van der Waals surface area contributed by atoms with E-state index in [4.69, 9.17) is 5.11 Å². The number of aryl methyl sites for hydroxylation is 1. The van der Waals surface area contributed by atoms with Gasteiger partial charge in [-0.2, -0.15) is 0 Å². The molecule has 0 aliphatic rings. The van der Waals surface area contributed by atoms with Crippen LogP contribution in [0.5, 0.6) is 0 Å². The molecule has 5 nitrogen and oxygen atoms in total. The number of carboxylic acid groups (broad SMARTS) is 1. The third kappa shape index (κ3) is 5.40. The number of carbonyl (C=O) groups is 2. The number of carboxylic acids is 1. The summed E-state index contributed by atoms with van der Waals surface area (Å²) in [5.41, 5.74) is 1.71. The molecule has 110 valence electrons. The monoisotopic (exact) mass is 278 g/mol. The predicted molar refractivity (Wildman–Crippen MR) is 77.8 cm³/mol. The summed E-state index contributed by atoms with van der Waals surface area (Å²) in [5, 5.41) is 14.6. The molecule has 1 rings (SSSR count). The van der Waals surface area contributed by atoms with E-state index >= 15 is 0 Å². The number of benzene rings is 1. The quantitative estimate of drug-likeness (QED) is 0.631. The van der Waals surface area contributed by atoms with Gasteiger partial charge in [-0.1, -0.05) is 31.0 Å². The van der Waals surface area contributed by atoms with Crippen molar-refractivity contribution in [2.45, 2.75) is 32.7 Å². The van der Waals surface area contributed by atoms with Gasteiger partial charge in [-0.05, 0) is 25.5 Å². The molecular formula is C15H22N2O3. The normalized spacial score (nSPS) is 11.9. The van der Waals surface area contributed by atoms with Gasteiger partial charge >= 0.3 is 5.97 Å². The van der Waals surface area contributed by atoms with Gasteiger partial charge in [0.05, 0.1) is 0 Å². The van der Waals surface area contributed by atoms with Crippen molar-refractivity contribution in [2.75, 3.05) is 13.1 Å². The summed E-state index contributed by atoms with van der Waals surface area (Å²) in [6, 6.07) is 6.77. The molecule has 0 aliphatic heterocycles. The van der Waals surface area contributed by atoms with E-state index in [1.54, 1.807) is 12.1 Å². The Balaban J connectivity index is 2.31. The van der Waals surface area contributed by atoms with E-state index in [-0.39, 0.29) is 5.91 Å². The average Bonchev–Trinajstić information content (AvgIpc) is 2.42. The highest BCUT2D eigenvalue weighted by molar-refractivity contribution is 5.94. The lowest BCUT2D eigenvalue weighted by Gasteiger charge is -2.13. The summed E-state index contributed by atoms with van der Waals surface area (Å²) in [4.78, 5) is 22.7. The van der Waals surface area contributed by atoms with Crippen LogP contribution in [-0.2, 0) is 4.79 Å². The van der Waals surface area contributed by atoms with Crippen molar-refractivity contribution in [3.63, 3.8) is 0 Å². The smallest absolute Gasteiger partial charge is 0.320 e. The van der Waals surface area contributed by atoms with Crippen LogP contribution >= 0.6 is 0 Å². The second-order valence-electron chi connectivity index (χ2n) is 4.76. The molecule has 20 heavy (non-hydrogen) atoms. The summed E-state index contributed by atoms with van der Waals surface area (Å²) < 4.78 is 0. The van der Waals surface area contributed by atoms with E-state index in [2.05, 4.69) is 10.6 Å². The Hall–Kier alpha value is -1.88. The van der Waals surface area contributed by atoms with E-state index in [0.29, 0.717) is 25.1 Å². The second-order valence-corrected chi connectivity index (χ2v) is 4.76. The van der Waals surface area contributed by atoms with Crippen molar-refractivity contribution in [1.29, 1.82) is 0 Å². The van der Waals surface area contributed by atoms with Crippen LogP contribution in [-0.4, -0.2) is 36.1 Å². The second kappa shape index (κ2) is 8.32. The molecule has 1 aromatic carbocycles. The van der Waals surface area contributed by atoms with Gasteiger partial charge in [0.1, 0.15) is 6.04 Å². The van der Waals surface area contributed by atoms with Crippen molar-refractivity contribution < 1.29 is 14.7 Å².